The van der Waals surface area contributed by atoms with E-state index in [1.807, 2.05) is 18.7 Å². The average molecular weight is 484 g/mol. The number of rotatable bonds is 7. The number of imidazole rings is 1. The van der Waals surface area contributed by atoms with Crippen LogP contribution in [-0.2, 0) is 25.4 Å². The van der Waals surface area contributed by atoms with Crippen LogP contribution in [0.3, 0.4) is 0 Å². The summed E-state index contributed by atoms with van der Waals surface area (Å²) in [6, 6.07) is 6.00. The van der Waals surface area contributed by atoms with Crippen LogP contribution in [0.1, 0.15) is 30.5 Å². The van der Waals surface area contributed by atoms with Crippen molar-refractivity contribution in [3.05, 3.63) is 75.0 Å². The van der Waals surface area contributed by atoms with Crippen LogP contribution in [0.15, 0.2) is 41.2 Å². The Balaban J connectivity index is 2.25. The summed E-state index contributed by atoms with van der Waals surface area (Å²) in [7, 11) is 0. The summed E-state index contributed by atoms with van der Waals surface area (Å²) in [5, 5.41) is 0. The number of fused-ring (bicyclic) bond motifs is 1. The normalized spacial score (nSPS) is 12.5. The maximum absolute atomic E-state index is 14.0. The third-order valence-corrected chi connectivity index (χ3v) is 5.66. The van der Waals surface area contributed by atoms with Crippen LogP contribution in [-0.4, -0.2) is 33.7 Å². The SMILES string of the molecule is [C-]#[N+]c1cc(C(F)(F)F)c2c(c1)n(CCN(CC)CC)c(=O)n2Cc1cccc(C(F)(F)F)c1. The minimum atomic E-state index is -4.88. The zero-order valence-corrected chi connectivity index (χ0v) is 18.5. The summed E-state index contributed by atoms with van der Waals surface area (Å²) in [6.07, 6.45) is -9.52. The van der Waals surface area contributed by atoms with Crippen LogP contribution in [0, 0.1) is 6.57 Å². The van der Waals surface area contributed by atoms with Gasteiger partial charge in [0.25, 0.3) is 0 Å². The molecule has 0 radical (unpaired) electrons. The summed E-state index contributed by atoms with van der Waals surface area (Å²) in [4.78, 5) is 18.4. The van der Waals surface area contributed by atoms with E-state index in [0.717, 1.165) is 27.3 Å². The molecule has 0 saturated carbocycles. The van der Waals surface area contributed by atoms with Gasteiger partial charge in [-0.25, -0.2) is 9.64 Å². The van der Waals surface area contributed by atoms with Crippen LogP contribution in [0.25, 0.3) is 15.9 Å². The molecular formula is C23H22F6N4O. The number of halogens is 6. The molecule has 0 saturated heterocycles. The molecule has 5 nitrogen and oxygen atoms in total. The second-order valence-corrected chi connectivity index (χ2v) is 7.72. The van der Waals surface area contributed by atoms with Crippen molar-refractivity contribution in [2.75, 3.05) is 19.6 Å². The van der Waals surface area contributed by atoms with E-state index in [0.29, 0.717) is 25.7 Å². The standard InChI is InChI=1S/C23H22F6N4O/c1-4-31(5-2)9-10-32-19-13-17(30-3)12-18(23(27,28)29)20(19)33(21(32)34)14-15-7-6-8-16(11-15)22(24,25)26/h6-8,11-13H,4-5,9-10,14H2,1-2H3. The Labute approximate surface area is 191 Å². The lowest BCUT2D eigenvalue weighted by Crippen LogP contribution is -2.32. The van der Waals surface area contributed by atoms with Gasteiger partial charge >= 0.3 is 18.0 Å². The first-order valence-corrected chi connectivity index (χ1v) is 10.5. The molecule has 0 bridgehead atoms. The summed E-state index contributed by atoms with van der Waals surface area (Å²) in [5.74, 6) is 0. The molecule has 11 heteroatoms. The molecular weight excluding hydrogens is 462 g/mol. The van der Waals surface area contributed by atoms with Crippen molar-refractivity contribution in [3.63, 3.8) is 0 Å². The van der Waals surface area contributed by atoms with E-state index < -0.39 is 41.2 Å². The second kappa shape index (κ2) is 9.54. The lowest BCUT2D eigenvalue weighted by molar-refractivity contribution is -0.138. The second-order valence-electron chi connectivity index (χ2n) is 7.72. The maximum atomic E-state index is 14.0. The predicted octanol–water partition coefficient (Wildman–Crippen LogP) is 5.78. The van der Waals surface area contributed by atoms with Crippen molar-refractivity contribution in [2.45, 2.75) is 39.3 Å². The van der Waals surface area contributed by atoms with Crippen LogP contribution in [0.2, 0.25) is 0 Å². The molecule has 0 amide bonds. The highest BCUT2D eigenvalue weighted by Crippen LogP contribution is 2.38. The lowest BCUT2D eigenvalue weighted by Gasteiger charge is -2.18. The van der Waals surface area contributed by atoms with Gasteiger partial charge in [0.1, 0.15) is 0 Å². The summed E-state index contributed by atoms with van der Waals surface area (Å²) in [5.41, 5.74) is -3.72. The average Bonchev–Trinajstić information content (AvgIpc) is 3.03. The Morgan fingerprint density at radius 1 is 0.971 bits per heavy atom. The van der Waals surface area contributed by atoms with E-state index in [1.54, 1.807) is 0 Å². The Kier molecular flexibility index (Phi) is 7.12. The van der Waals surface area contributed by atoms with Crippen molar-refractivity contribution < 1.29 is 26.3 Å². The molecule has 0 aliphatic heterocycles. The van der Waals surface area contributed by atoms with Crippen LogP contribution < -0.4 is 5.69 Å². The van der Waals surface area contributed by atoms with Gasteiger partial charge < -0.3 is 4.90 Å². The molecule has 0 spiro atoms. The Morgan fingerprint density at radius 3 is 2.21 bits per heavy atom. The summed E-state index contributed by atoms with van der Waals surface area (Å²) >= 11 is 0. The van der Waals surface area contributed by atoms with Crippen LogP contribution >= 0.6 is 0 Å². The molecule has 0 aliphatic carbocycles. The zero-order chi connectivity index (χ0) is 25.3. The highest BCUT2D eigenvalue weighted by molar-refractivity contribution is 5.85. The summed E-state index contributed by atoms with van der Waals surface area (Å²) in [6.45, 7) is 12.3. The van der Waals surface area contributed by atoms with E-state index in [9.17, 15) is 31.1 Å². The first-order chi connectivity index (χ1) is 15.9. The highest BCUT2D eigenvalue weighted by Gasteiger charge is 2.36. The van der Waals surface area contributed by atoms with Crippen LogP contribution in [0.5, 0.6) is 0 Å². The molecule has 1 heterocycles. The summed E-state index contributed by atoms with van der Waals surface area (Å²) < 4.78 is 83.3. The number of nitrogens with zero attached hydrogens (tertiary/aromatic N) is 4. The van der Waals surface area contributed by atoms with Gasteiger partial charge in [0.05, 0.1) is 35.3 Å². The molecule has 34 heavy (non-hydrogen) atoms. The largest absolute Gasteiger partial charge is 0.417 e. The number of alkyl halides is 6. The molecule has 3 rings (SSSR count). The monoisotopic (exact) mass is 484 g/mol. The van der Waals surface area contributed by atoms with Gasteiger partial charge in [0, 0.05) is 13.1 Å². The fourth-order valence-electron chi connectivity index (χ4n) is 3.89. The van der Waals surface area contributed by atoms with Crippen molar-refractivity contribution >= 4 is 16.7 Å². The Bertz CT molecular complexity index is 1280. The molecule has 0 N–H and O–H groups in total. The molecule has 1 aromatic heterocycles. The van der Waals surface area contributed by atoms with Gasteiger partial charge in [0.2, 0.25) is 0 Å². The molecule has 0 atom stereocenters. The number of benzene rings is 2. The van der Waals surface area contributed by atoms with Crippen molar-refractivity contribution in [2.24, 2.45) is 0 Å². The minimum Gasteiger partial charge on any atom is -0.302 e. The third-order valence-electron chi connectivity index (χ3n) is 5.66. The van der Waals surface area contributed by atoms with Gasteiger partial charge in [-0.3, -0.25) is 9.13 Å². The fourth-order valence-corrected chi connectivity index (χ4v) is 3.89. The topological polar surface area (TPSA) is 34.5 Å². The van der Waals surface area contributed by atoms with E-state index in [1.165, 1.54) is 12.1 Å². The maximum Gasteiger partial charge on any atom is 0.417 e. The first-order valence-electron chi connectivity index (χ1n) is 10.5. The van der Waals surface area contributed by atoms with E-state index in [2.05, 4.69) is 4.85 Å². The number of aromatic nitrogens is 2. The van der Waals surface area contributed by atoms with E-state index >= 15 is 0 Å². The number of likely N-dealkylation sites (N-methyl/N-ethyl adjacent to an activating group) is 1. The lowest BCUT2D eigenvalue weighted by atomic mass is 10.1. The minimum absolute atomic E-state index is 0.0297. The molecule has 0 fully saturated rings. The molecule has 0 unspecified atom stereocenters. The zero-order valence-electron chi connectivity index (χ0n) is 18.5. The van der Waals surface area contributed by atoms with Gasteiger partial charge in [-0.1, -0.05) is 26.0 Å². The molecule has 3 aromatic rings. The van der Waals surface area contributed by atoms with E-state index in [4.69, 9.17) is 6.57 Å². The van der Waals surface area contributed by atoms with Crippen molar-refractivity contribution in [1.82, 2.24) is 14.0 Å². The predicted molar refractivity (Wildman–Crippen MR) is 116 cm³/mol. The molecule has 182 valence electrons. The van der Waals surface area contributed by atoms with Gasteiger partial charge in [-0.15, -0.1) is 0 Å². The first kappa shape index (κ1) is 25.4. The molecule has 0 aliphatic rings. The Hall–Kier alpha value is -3.26. The van der Waals surface area contributed by atoms with E-state index in [-0.39, 0.29) is 23.3 Å². The van der Waals surface area contributed by atoms with Gasteiger partial charge in [-0.2, -0.15) is 26.3 Å². The number of hydrogen-bond acceptors (Lipinski definition) is 2. The quantitative estimate of drug-likeness (QED) is 0.315. The molecule has 2 aromatic carbocycles. The fraction of sp³-hybridized carbons (Fsp3) is 0.391. The van der Waals surface area contributed by atoms with Gasteiger partial charge in [-0.05, 0) is 42.9 Å². The van der Waals surface area contributed by atoms with Crippen molar-refractivity contribution in [3.8, 4) is 0 Å². The number of hydrogen-bond donors (Lipinski definition) is 0. The highest BCUT2D eigenvalue weighted by atomic mass is 19.4. The Morgan fingerprint density at radius 2 is 1.65 bits per heavy atom. The van der Waals surface area contributed by atoms with Gasteiger partial charge in [0.15, 0.2) is 5.69 Å². The van der Waals surface area contributed by atoms with Crippen LogP contribution in [0.4, 0.5) is 32.0 Å². The smallest absolute Gasteiger partial charge is 0.302 e. The van der Waals surface area contributed by atoms with Crippen molar-refractivity contribution in [1.29, 1.82) is 0 Å². The third kappa shape index (κ3) is 5.12.